The van der Waals surface area contributed by atoms with E-state index in [0.29, 0.717) is 5.92 Å². The summed E-state index contributed by atoms with van der Waals surface area (Å²) in [5.41, 5.74) is 0. The lowest BCUT2D eigenvalue weighted by atomic mass is 10.1. The van der Waals surface area contributed by atoms with E-state index in [-0.39, 0.29) is 6.17 Å². The van der Waals surface area contributed by atoms with Crippen LogP contribution in [0.1, 0.15) is 13.8 Å². The van der Waals surface area contributed by atoms with Crippen LogP contribution in [0, 0.1) is 5.92 Å². The molecule has 2 unspecified atom stereocenters. The molecule has 0 aromatic carbocycles. The summed E-state index contributed by atoms with van der Waals surface area (Å²) in [5.74, 6) is 0.421. The molecule has 0 aromatic heterocycles. The van der Waals surface area contributed by atoms with Crippen molar-refractivity contribution in [3.8, 4) is 0 Å². The predicted molar refractivity (Wildman–Crippen MR) is 64.7 cm³/mol. The molecule has 0 aliphatic rings. The van der Waals surface area contributed by atoms with Gasteiger partial charge in [-0.15, -0.1) is 0 Å². The van der Waals surface area contributed by atoms with Gasteiger partial charge >= 0.3 is 0 Å². The van der Waals surface area contributed by atoms with E-state index >= 15 is 0 Å². The van der Waals surface area contributed by atoms with Crippen LogP contribution in [0.5, 0.6) is 0 Å². The van der Waals surface area contributed by atoms with Gasteiger partial charge in [-0.1, -0.05) is 37.8 Å². The molecule has 0 saturated heterocycles. The SMILES string of the molecule is C=C/C=C\C(C)/C=C/C=N\C(C)NC. The first kappa shape index (κ1) is 12.8. The number of aliphatic imine (C=N–C) groups is 1. The van der Waals surface area contributed by atoms with Gasteiger partial charge in [0.15, 0.2) is 0 Å². The van der Waals surface area contributed by atoms with Gasteiger partial charge in [-0.2, -0.15) is 0 Å². The van der Waals surface area contributed by atoms with Gasteiger partial charge in [-0.3, -0.25) is 10.3 Å². The smallest absolute Gasteiger partial charge is 0.0963 e. The van der Waals surface area contributed by atoms with Crippen LogP contribution in [0.4, 0.5) is 0 Å². The fourth-order valence-corrected chi connectivity index (χ4v) is 0.796. The second kappa shape index (κ2) is 8.45. The second-order valence-electron chi connectivity index (χ2n) is 3.13. The molecule has 78 valence electrons. The van der Waals surface area contributed by atoms with E-state index in [1.54, 1.807) is 6.08 Å². The molecule has 2 nitrogen and oxygen atoms in total. The Morgan fingerprint density at radius 3 is 2.43 bits per heavy atom. The maximum Gasteiger partial charge on any atom is 0.0963 e. The standard InChI is InChI=1S/C12H20N2/c1-5-6-8-11(2)9-7-10-14-12(3)13-4/h5-13H,1H2,2-4H3/b8-6-,9-7+,14-10-. The summed E-state index contributed by atoms with van der Waals surface area (Å²) in [7, 11) is 1.89. The summed E-state index contributed by atoms with van der Waals surface area (Å²) in [5, 5.41) is 3.03. The van der Waals surface area contributed by atoms with Crippen molar-refractivity contribution in [2.45, 2.75) is 20.0 Å². The molecular weight excluding hydrogens is 172 g/mol. The molecule has 0 aromatic rings. The third-order valence-electron chi connectivity index (χ3n) is 1.78. The Morgan fingerprint density at radius 2 is 1.86 bits per heavy atom. The minimum absolute atomic E-state index is 0.179. The minimum Gasteiger partial charge on any atom is -0.299 e. The van der Waals surface area contributed by atoms with Crippen LogP contribution in [0.25, 0.3) is 0 Å². The molecule has 0 amide bonds. The molecule has 0 rings (SSSR count). The molecule has 0 saturated carbocycles. The highest BCUT2D eigenvalue weighted by Gasteiger charge is 1.88. The lowest BCUT2D eigenvalue weighted by molar-refractivity contribution is 0.644. The van der Waals surface area contributed by atoms with Crippen LogP contribution in [0.2, 0.25) is 0 Å². The van der Waals surface area contributed by atoms with Crippen LogP contribution >= 0.6 is 0 Å². The van der Waals surface area contributed by atoms with Crippen molar-refractivity contribution in [3.63, 3.8) is 0 Å². The molecule has 0 spiro atoms. The van der Waals surface area contributed by atoms with Gasteiger partial charge in [0.1, 0.15) is 0 Å². The van der Waals surface area contributed by atoms with Crippen LogP contribution in [-0.2, 0) is 0 Å². The van der Waals surface area contributed by atoms with E-state index in [4.69, 9.17) is 0 Å². The molecule has 0 bridgehead atoms. The zero-order valence-electron chi connectivity index (χ0n) is 9.27. The van der Waals surface area contributed by atoms with Crippen molar-refractivity contribution in [1.29, 1.82) is 0 Å². The summed E-state index contributed by atoms with van der Waals surface area (Å²) >= 11 is 0. The molecule has 2 atom stereocenters. The van der Waals surface area contributed by atoms with Crippen molar-refractivity contribution in [2.75, 3.05) is 7.05 Å². The number of hydrogen-bond acceptors (Lipinski definition) is 2. The highest BCUT2D eigenvalue weighted by molar-refractivity contribution is 5.71. The number of rotatable bonds is 6. The maximum atomic E-state index is 4.23. The van der Waals surface area contributed by atoms with E-state index in [0.717, 1.165) is 0 Å². The molecule has 0 heterocycles. The van der Waals surface area contributed by atoms with Gasteiger partial charge in [-0.05, 0) is 26.0 Å². The fourth-order valence-electron chi connectivity index (χ4n) is 0.796. The van der Waals surface area contributed by atoms with E-state index in [2.05, 4.69) is 36.0 Å². The average molecular weight is 192 g/mol. The summed E-state index contributed by atoms with van der Waals surface area (Å²) in [4.78, 5) is 4.23. The number of allylic oxidation sites excluding steroid dienone is 5. The Labute approximate surface area is 87.1 Å². The number of nitrogens with one attached hydrogen (secondary N) is 1. The Hall–Kier alpha value is -1.15. The van der Waals surface area contributed by atoms with Crippen LogP contribution < -0.4 is 5.32 Å². The first-order chi connectivity index (χ1) is 6.70. The third kappa shape index (κ3) is 7.50. The number of hydrogen-bond donors (Lipinski definition) is 1. The third-order valence-corrected chi connectivity index (χ3v) is 1.78. The van der Waals surface area contributed by atoms with Crippen LogP contribution in [0.15, 0.2) is 42.0 Å². The zero-order valence-corrected chi connectivity index (χ0v) is 9.27. The highest BCUT2D eigenvalue weighted by atomic mass is 15.0. The highest BCUT2D eigenvalue weighted by Crippen LogP contribution is 1.98. The summed E-state index contributed by atoms with van der Waals surface area (Å²) in [6.07, 6.45) is 11.9. The maximum absolute atomic E-state index is 4.23. The van der Waals surface area contributed by atoms with Gasteiger partial charge in [0.2, 0.25) is 0 Å². The quantitative estimate of drug-likeness (QED) is 0.507. The van der Waals surface area contributed by atoms with Gasteiger partial charge in [0, 0.05) is 6.21 Å². The van der Waals surface area contributed by atoms with E-state index in [1.165, 1.54) is 0 Å². The molecule has 0 aliphatic heterocycles. The minimum atomic E-state index is 0.179. The normalized spacial score (nSPS) is 16.8. The summed E-state index contributed by atoms with van der Waals surface area (Å²) < 4.78 is 0. The Kier molecular flexibility index (Phi) is 7.75. The molecule has 0 aliphatic carbocycles. The topological polar surface area (TPSA) is 24.4 Å². The molecule has 14 heavy (non-hydrogen) atoms. The average Bonchev–Trinajstić information content (AvgIpc) is 2.21. The lowest BCUT2D eigenvalue weighted by Crippen LogP contribution is -2.18. The van der Waals surface area contributed by atoms with Crippen LogP contribution in [-0.4, -0.2) is 19.4 Å². The lowest BCUT2D eigenvalue weighted by Gasteiger charge is -2.00. The Balaban J connectivity index is 3.87. The van der Waals surface area contributed by atoms with Crippen molar-refractivity contribution in [2.24, 2.45) is 10.9 Å². The number of nitrogens with zero attached hydrogens (tertiary/aromatic N) is 1. The summed E-state index contributed by atoms with van der Waals surface area (Å²) in [6.45, 7) is 7.74. The molecule has 2 heteroatoms. The Morgan fingerprint density at radius 1 is 1.21 bits per heavy atom. The van der Waals surface area contributed by atoms with Gasteiger partial charge < -0.3 is 0 Å². The summed E-state index contributed by atoms with van der Waals surface area (Å²) in [6, 6.07) is 0. The molecule has 0 radical (unpaired) electrons. The largest absolute Gasteiger partial charge is 0.299 e. The first-order valence-electron chi connectivity index (χ1n) is 4.87. The Bertz CT molecular complexity index is 226. The molecule has 1 N–H and O–H groups in total. The van der Waals surface area contributed by atoms with Crippen molar-refractivity contribution >= 4 is 6.21 Å². The van der Waals surface area contributed by atoms with Gasteiger partial charge in [-0.25, -0.2) is 0 Å². The first-order valence-corrected chi connectivity index (χ1v) is 4.87. The van der Waals surface area contributed by atoms with E-state index < -0.39 is 0 Å². The van der Waals surface area contributed by atoms with Crippen molar-refractivity contribution in [1.82, 2.24) is 5.32 Å². The van der Waals surface area contributed by atoms with Crippen molar-refractivity contribution in [3.05, 3.63) is 37.0 Å². The molecule has 0 fully saturated rings. The van der Waals surface area contributed by atoms with E-state index in [1.807, 2.05) is 32.3 Å². The van der Waals surface area contributed by atoms with Gasteiger partial charge in [0.05, 0.1) is 6.17 Å². The fraction of sp³-hybridized carbons (Fsp3) is 0.417. The van der Waals surface area contributed by atoms with Gasteiger partial charge in [0.25, 0.3) is 0 Å². The van der Waals surface area contributed by atoms with Crippen LogP contribution in [0.3, 0.4) is 0 Å². The van der Waals surface area contributed by atoms with Crippen molar-refractivity contribution < 1.29 is 0 Å². The second-order valence-corrected chi connectivity index (χ2v) is 3.13. The monoisotopic (exact) mass is 192 g/mol. The zero-order chi connectivity index (χ0) is 10.8. The predicted octanol–water partition coefficient (Wildman–Crippen LogP) is 2.56. The molecular formula is C12H20N2. The van der Waals surface area contributed by atoms with E-state index in [9.17, 15) is 0 Å².